The fourth-order valence-electron chi connectivity index (χ4n) is 2.51. The van der Waals surface area contributed by atoms with Crippen LogP contribution >= 0.6 is 0 Å². The van der Waals surface area contributed by atoms with E-state index >= 15 is 0 Å². The molecular weight excluding hydrogens is 228 g/mol. The number of hydrogen-bond acceptors (Lipinski definition) is 1. The Morgan fingerprint density at radius 2 is 1.88 bits per heavy atom. The second-order valence-corrected chi connectivity index (χ2v) is 11.4. The smallest absolute Gasteiger partial charge is 0.185 e. The molecule has 1 atom stereocenters. The molecule has 0 aromatic heterocycles. The second kappa shape index (κ2) is 4.63. The highest BCUT2D eigenvalue weighted by molar-refractivity contribution is 6.69. The Morgan fingerprint density at radius 1 is 1.31 bits per heavy atom. The van der Waals surface area contributed by atoms with Crippen LogP contribution < -0.4 is 0 Å². The Kier molecular flexibility index (Phi) is 4.03. The van der Waals surface area contributed by atoms with Crippen LogP contribution in [0.2, 0.25) is 19.6 Å². The summed E-state index contributed by atoms with van der Waals surface area (Å²) in [6.45, 7) is 13.6. The zero-order valence-corrected chi connectivity index (χ0v) is 14.9. The lowest BCUT2D eigenvalue weighted by Crippen LogP contribution is -2.41. The van der Waals surface area contributed by atoms with E-state index in [0.717, 1.165) is 16.7 Å². The molecule has 0 bridgehead atoms. The molecule has 0 spiro atoms. The third-order valence-corrected chi connectivity index (χ3v) is 5.36. The molecule has 1 unspecified atom stereocenters. The van der Waals surface area contributed by atoms with Crippen molar-refractivity contribution in [3.8, 4) is 0 Å². The fourth-order valence-corrected chi connectivity index (χ4v) is 4.76. The molecule has 1 rings (SSSR count). The highest BCUT2D eigenvalue weighted by atomic mass is 28.4. The van der Waals surface area contributed by atoms with Crippen molar-refractivity contribution in [2.24, 2.45) is 0 Å². The molecule has 3 heteroatoms. The molecule has 0 aromatic rings. The Hall–Kier alpha value is -0.126. The molecule has 0 saturated heterocycles. The first-order valence-electron chi connectivity index (χ1n) is 6.30. The zero-order chi connectivity index (χ0) is 12.6. The van der Waals surface area contributed by atoms with Gasteiger partial charge in [0, 0.05) is 10.2 Å². The van der Waals surface area contributed by atoms with Crippen molar-refractivity contribution in [2.45, 2.75) is 58.9 Å². The van der Waals surface area contributed by atoms with E-state index in [1.54, 1.807) is 0 Å². The van der Waals surface area contributed by atoms with E-state index in [9.17, 15) is 0 Å². The van der Waals surface area contributed by atoms with Crippen molar-refractivity contribution >= 4 is 18.6 Å². The van der Waals surface area contributed by atoms with Crippen LogP contribution in [0.25, 0.3) is 0 Å². The van der Waals surface area contributed by atoms with Gasteiger partial charge in [-0.2, -0.15) is 0 Å². The summed E-state index contributed by atoms with van der Waals surface area (Å²) < 4.78 is 6.51. The quantitative estimate of drug-likeness (QED) is 0.701. The summed E-state index contributed by atoms with van der Waals surface area (Å²) in [5, 5.41) is 1.53. The van der Waals surface area contributed by atoms with Gasteiger partial charge in [0.15, 0.2) is 8.32 Å². The van der Waals surface area contributed by atoms with Crippen LogP contribution in [0.15, 0.2) is 22.4 Å². The highest BCUT2D eigenvalue weighted by Gasteiger charge is 2.39. The summed E-state index contributed by atoms with van der Waals surface area (Å²) in [7, 11) is -0.363. The zero-order valence-electron chi connectivity index (χ0n) is 11.9. The standard InChI is InChI=1S/C13H26OSi2/c1-7-8-13(14-16(4,5)6)9-12(15)10(2)11(13)3/h9H,7-8H2,1-6,15H3. The number of allylic oxidation sites excluding steroid dienone is 2. The fraction of sp³-hybridized carbons (Fsp3) is 0.692. The van der Waals surface area contributed by atoms with Crippen LogP contribution in [-0.4, -0.2) is 24.2 Å². The summed E-state index contributed by atoms with van der Waals surface area (Å²) in [6.07, 6.45) is 4.72. The van der Waals surface area contributed by atoms with E-state index < -0.39 is 8.32 Å². The maximum atomic E-state index is 6.51. The highest BCUT2D eigenvalue weighted by Crippen LogP contribution is 2.40. The molecule has 1 aliphatic rings. The molecule has 92 valence electrons. The Morgan fingerprint density at radius 3 is 2.19 bits per heavy atom. The number of hydrogen-bond donors (Lipinski definition) is 0. The molecule has 0 amide bonds. The molecule has 0 aliphatic heterocycles. The van der Waals surface area contributed by atoms with Gasteiger partial charge in [-0.1, -0.05) is 30.2 Å². The van der Waals surface area contributed by atoms with Crippen molar-refractivity contribution < 1.29 is 4.43 Å². The van der Waals surface area contributed by atoms with E-state index in [0.29, 0.717) is 0 Å². The lowest BCUT2D eigenvalue weighted by atomic mass is 9.92. The molecule has 1 nitrogen and oxygen atoms in total. The SMILES string of the molecule is CCCC1(O[Si](C)(C)C)C=C([SiH3])C(C)=C1C. The van der Waals surface area contributed by atoms with Crippen LogP contribution in [0.1, 0.15) is 33.6 Å². The van der Waals surface area contributed by atoms with E-state index in [1.807, 2.05) is 0 Å². The van der Waals surface area contributed by atoms with Crippen LogP contribution in [0.5, 0.6) is 0 Å². The molecular formula is C13H26OSi2. The van der Waals surface area contributed by atoms with Gasteiger partial charge in [0.1, 0.15) is 0 Å². The molecule has 16 heavy (non-hydrogen) atoms. The van der Waals surface area contributed by atoms with Crippen molar-refractivity contribution in [1.29, 1.82) is 0 Å². The normalized spacial score (nSPS) is 26.5. The predicted octanol–water partition coefficient (Wildman–Crippen LogP) is 2.98. The minimum atomic E-state index is -1.50. The van der Waals surface area contributed by atoms with Gasteiger partial charge in [0.2, 0.25) is 0 Å². The van der Waals surface area contributed by atoms with E-state index in [1.165, 1.54) is 22.8 Å². The Bertz CT molecular complexity index is 336. The van der Waals surface area contributed by atoms with Crippen LogP contribution in [0, 0.1) is 0 Å². The number of rotatable bonds is 4. The summed E-state index contributed by atoms with van der Waals surface area (Å²) in [4.78, 5) is 0. The molecule has 0 fully saturated rings. The van der Waals surface area contributed by atoms with Gasteiger partial charge >= 0.3 is 0 Å². The van der Waals surface area contributed by atoms with E-state index in [-0.39, 0.29) is 5.60 Å². The largest absolute Gasteiger partial charge is 0.405 e. The van der Waals surface area contributed by atoms with Gasteiger partial charge in [0.05, 0.1) is 5.60 Å². The molecule has 1 aliphatic carbocycles. The van der Waals surface area contributed by atoms with Crippen molar-refractivity contribution in [2.75, 3.05) is 0 Å². The summed E-state index contributed by atoms with van der Waals surface area (Å²) in [6, 6.07) is 0. The average molecular weight is 255 g/mol. The Labute approximate surface area is 105 Å². The van der Waals surface area contributed by atoms with Gasteiger partial charge in [-0.3, -0.25) is 0 Å². The minimum absolute atomic E-state index is 0.0552. The summed E-state index contributed by atoms with van der Waals surface area (Å²) in [5.74, 6) is 0. The molecule has 0 N–H and O–H groups in total. The predicted molar refractivity (Wildman–Crippen MR) is 78.5 cm³/mol. The first-order valence-corrected chi connectivity index (χ1v) is 10.7. The minimum Gasteiger partial charge on any atom is -0.405 e. The average Bonchev–Trinajstić information content (AvgIpc) is 2.29. The monoisotopic (exact) mass is 254 g/mol. The van der Waals surface area contributed by atoms with Gasteiger partial charge in [-0.15, -0.1) is 0 Å². The maximum Gasteiger partial charge on any atom is 0.185 e. The van der Waals surface area contributed by atoms with Crippen molar-refractivity contribution in [3.05, 3.63) is 22.4 Å². The molecule has 0 saturated carbocycles. The van der Waals surface area contributed by atoms with Crippen LogP contribution in [0.3, 0.4) is 0 Å². The van der Waals surface area contributed by atoms with Gasteiger partial charge < -0.3 is 4.43 Å². The van der Waals surface area contributed by atoms with Crippen molar-refractivity contribution in [3.63, 3.8) is 0 Å². The van der Waals surface area contributed by atoms with Crippen molar-refractivity contribution in [1.82, 2.24) is 0 Å². The van der Waals surface area contributed by atoms with Crippen LogP contribution in [-0.2, 0) is 4.43 Å². The van der Waals surface area contributed by atoms with E-state index in [4.69, 9.17) is 4.43 Å². The molecule has 0 radical (unpaired) electrons. The van der Waals surface area contributed by atoms with Crippen LogP contribution in [0.4, 0.5) is 0 Å². The molecule has 0 aromatic carbocycles. The first kappa shape index (κ1) is 13.9. The molecule has 0 heterocycles. The van der Waals surface area contributed by atoms with Gasteiger partial charge in [-0.05, 0) is 45.5 Å². The maximum absolute atomic E-state index is 6.51. The third kappa shape index (κ3) is 2.76. The first-order chi connectivity index (χ1) is 7.22. The van der Waals surface area contributed by atoms with Gasteiger partial charge in [-0.25, -0.2) is 0 Å². The van der Waals surface area contributed by atoms with Gasteiger partial charge in [0.25, 0.3) is 0 Å². The lowest BCUT2D eigenvalue weighted by Gasteiger charge is -2.36. The second-order valence-electron chi connectivity index (χ2n) is 5.93. The summed E-state index contributed by atoms with van der Waals surface area (Å²) in [5.41, 5.74) is 2.89. The topological polar surface area (TPSA) is 9.23 Å². The lowest BCUT2D eigenvalue weighted by molar-refractivity contribution is 0.141. The summed E-state index contributed by atoms with van der Waals surface area (Å²) >= 11 is 0. The van der Waals surface area contributed by atoms with E-state index in [2.05, 4.69) is 46.5 Å². The Balaban J connectivity index is 3.10. The third-order valence-electron chi connectivity index (χ3n) is 3.35.